The van der Waals surface area contributed by atoms with Crippen LogP contribution in [0.2, 0.25) is 0 Å². The highest BCUT2D eigenvalue weighted by atomic mass is 79.9. The molecule has 0 bridgehead atoms. The van der Waals surface area contributed by atoms with Gasteiger partial charge >= 0.3 is 0 Å². The molecule has 1 unspecified atom stereocenters. The van der Waals surface area contributed by atoms with Crippen LogP contribution in [0.4, 0.5) is 0 Å². The van der Waals surface area contributed by atoms with Crippen molar-refractivity contribution in [3.63, 3.8) is 0 Å². The third-order valence-electron chi connectivity index (χ3n) is 4.05. The van der Waals surface area contributed by atoms with Gasteiger partial charge in [0.05, 0.1) is 22.5 Å². The summed E-state index contributed by atoms with van der Waals surface area (Å²) in [4.78, 5) is 0. The first-order valence-electron chi connectivity index (χ1n) is 6.26. The SMILES string of the molecule is Cn1ncc(Br)c1C(O)C1CCC(C)(C)CC1. The van der Waals surface area contributed by atoms with Gasteiger partial charge in [-0.05, 0) is 52.9 Å². The van der Waals surface area contributed by atoms with E-state index in [2.05, 4.69) is 34.9 Å². The quantitative estimate of drug-likeness (QED) is 0.909. The van der Waals surface area contributed by atoms with Gasteiger partial charge in [0.1, 0.15) is 0 Å². The second-order valence-corrected chi connectivity index (χ2v) is 6.80. The van der Waals surface area contributed by atoms with Crippen molar-refractivity contribution in [3.05, 3.63) is 16.4 Å². The summed E-state index contributed by atoms with van der Waals surface area (Å²) in [6.07, 6.45) is 5.96. The van der Waals surface area contributed by atoms with Crippen molar-refractivity contribution in [1.82, 2.24) is 9.78 Å². The van der Waals surface area contributed by atoms with Gasteiger partial charge in [-0.2, -0.15) is 5.10 Å². The maximum atomic E-state index is 10.5. The van der Waals surface area contributed by atoms with Crippen molar-refractivity contribution in [2.45, 2.75) is 45.6 Å². The lowest BCUT2D eigenvalue weighted by atomic mass is 9.71. The Hall–Kier alpha value is -0.350. The molecule has 1 aromatic rings. The monoisotopic (exact) mass is 300 g/mol. The minimum absolute atomic E-state index is 0.370. The normalized spacial score (nSPS) is 22.6. The Morgan fingerprint density at radius 3 is 2.53 bits per heavy atom. The predicted molar refractivity (Wildman–Crippen MR) is 71.6 cm³/mol. The molecular formula is C13H21BrN2O. The first kappa shape index (κ1) is 13.1. The lowest BCUT2D eigenvalue weighted by Gasteiger charge is -2.36. The van der Waals surface area contributed by atoms with Gasteiger partial charge in [-0.15, -0.1) is 0 Å². The first-order chi connectivity index (χ1) is 7.91. The van der Waals surface area contributed by atoms with Gasteiger partial charge in [-0.25, -0.2) is 0 Å². The second-order valence-electron chi connectivity index (χ2n) is 5.95. The fourth-order valence-corrected chi connectivity index (χ4v) is 3.30. The van der Waals surface area contributed by atoms with Crippen LogP contribution in [-0.2, 0) is 7.05 Å². The molecule has 1 aliphatic rings. The summed E-state index contributed by atoms with van der Waals surface area (Å²) in [5.41, 5.74) is 1.36. The highest BCUT2D eigenvalue weighted by molar-refractivity contribution is 9.10. The highest BCUT2D eigenvalue weighted by Gasteiger charge is 2.33. The molecule has 1 heterocycles. The van der Waals surface area contributed by atoms with Crippen LogP contribution >= 0.6 is 15.9 Å². The molecule has 0 saturated heterocycles. The zero-order chi connectivity index (χ0) is 12.6. The molecule has 0 spiro atoms. The standard InChI is InChI=1S/C13H21BrN2O/c1-13(2)6-4-9(5-7-13)12(17)11-10(14)8-15-16(11)3/h8-9,12,17H,4-7H2,1-3H3. The lowest BCUT2D eigenvalue weighted by Crippen LogP contribution is -2.26. The Morgan fingerprint density at radius 2 is 2.06 bits per heavy atom. The van der Waals surface area contributed by atoms with E-state index in [1.807, 2.05) is 7.05 Å². The average molecular weight is 301 g/mol. The highest BCUT2D eigenvalue weighted by Crippen LogP contribution is 2.43. The number of aliphatic hydroxyl groups is 1. The van der Waals surface area contributed by atoms with Gasteiger partial charge < -0.3 is 5.11 Å². The molecule has 2 rings (SSSR count). The summed E-state index contributed by atoms with van der Waals surface area (Å²) in [7, 11) is 1.88. The Labute approximate surface area is 111 Å². The van der Waals surface area contributed by atoms with E-state index in [-0.39, 0.29) is 0 Å². The minimum atomic E-state index is -0.395. The van der Waals surface area contributed by atoms with E-state index in [1.165, 1.54) is 12.8 Å². The van der Waals surface area contributed by atoms with Crippen LogP contribution in [0.5, 0.6) is 0 Å². The van der Waals surface area contributed by atoms with Crippen LogP contribution in [0, 0.1) is 11.3 Å². The van der Waals surface area contributed by atoms with Crippen molar-refractivity contribution in [1.29, 1.82) is 0 Å². The van der Waals surface area contributed by atoms with Gasteiger partial charge in [0, 0.05) is 7.05 Å². The maximum absolute atomic E-state index is 10.5. The van der Waals surface area contributed by atoms with E-state index in [9.17, 15) is 5.11 Å². The van der Waals surface area contributed by atoms with Crippen molar-refractivity contribution < 1.29 is 5.11 Å². The molecule has 1 saturated carbocycles. The summed E-state index contributed by atoms with van der Waals surface area (Å²) in [6, 6.07) is 0. The van der Waals surface area contributed by atoms with E-state index in [1.54, 1.807) is 10.9 Å². The van der Waals surface area contributed by atoms with E-state index in [0.717, 1.165) is 23.0 Å². The van der Waals surface area contributed by atoms with Gasteiger partial charge in [-0.1, -0.05) is 13.8 Å². The average Bonchev–Trinajstić information content (AvgIpc) is 2.58. The van der Waals surface area contributed by atoms with Gasteiger partial charge in [0.2, 0.25) is 0 Å². The number of aromatic nitrogens is 2. The Bertz CT molecular complexity index is 371. The number of aryl methyl sites for hydroxylation is 1. The number of nitrogens with zero attached hydrogens (tertiary/aromatic N) is 2. The molecule has 0 aliphatic heterocycles. The van der Waals surface area contributed by atoms with Crippen molar-refractivity contribution in [2.24, 2.45) is 18.4 Å². The molecule has 17 heavy (non-hydrogen) atoms. The molecule has 0 radical (unpaired) electrons. The van der Waals surface area contributed by atoms with E-state index in [0.29, 0.717) is 11.3 Å². The summed E-state index contributed by atoms with van der Waals surface area (Å²) < 4.78 is 2.69. The smallest absolute Gasteiger partial charge is 0.0996 e. The van der Waals surface area contributed by atoms with E-state index in [4.69, 9.17) is 0 Å². The number of hydrogen-bond acceptors (Lipinski definition) is 2. The first-order valence-corrected chi connectivity index (χ1v) is 7.05. The molecule has 0 aromatic carbocycles. The van der Waals surface area contributed by atoms with Crippen LogP contribution in [0.25, 0.3) is 0 Å². The fraction of sp³-hybridized carbons (Fsp3) is 0.769. The molecule has 1 fully saturated rings. The van der Waals surface area contributed by atoms with E-state index < -0.39 is 6.10 Å². The van der Waals surface area contributed by atoms with Crippen LogP contribution in [0.3, 0.4) is 0 Å². The van der Waals surface area contributed by atoms with Gasteiger partial charge in [0.25, 0.3) is 0 Å². The molecule has 96 valence electrons. The predicted octanol–water partition coefficient (Wildman–Crippen LogP) is 3.43. The zero-order valence-corrected chi connectivity index (χ0v) is 12.4. The van der Waals surface area contributed by atoms with E-state index >= 15 is 0 Å². The van der Waals surface area contributed by atoms with Crippen LogP contribution in [0.15, 0.2) is 10.7 Å². The molecule has 0 amide bonds. The molecular weight excluding hydrogens is 280 g/mol. The third-order valence-corrected chi connectivity index (χ3v) is 4.66. The summed E-state index contributed by atoms with van der Waals surface area (Å²) >= 11 is 3.46. The molecule has 1 atom stereocenters. The summed E-state index contributed by atoms with van der Waals surface area (Å²) in [5.74, 6) is 0.370. The number of aliphatic hydroxyl groups excluding tert-OH is 1. The second kappa shape index (κ2) is 4.73. The summed E-state index contributed by atoms with van der Waals surface area (Å²) in [5, 5.41) is 14.6. The number of hydrogen-bond donors (Lipinski definition) is 1. The number of halogens is 1. The molecule has 1 aromatic heterocycles. The fourth-order valence-electron chi connectivity index (χ4n) is 2.71. The minimum Gasteiger partial charge on any atom is -0.386 e. The Kier molecular flexibility index (Phi) is 3.64. The van der Waals surface area contributed by atoms with Gasteiger partial charge in [0.15, 0.2) is 0 Å². The van der Waals surface area contributed by atoms with Gasteiger partial charge in [-0.3, -0.25) is 4.68 Å². The van der Waals surface area contributed by atoms with Crippen molar-refractivity contribution in [2.75, 3.05) is 0 Å². The molecule has 1 aliphatic carbocycles. The van der Waals surface area contributed by atoms with Crippen molar-refractivity contribution >= 4 is 15.9 Å². The molecule has 4 heteroatoms. The largest absolute Gasteiger partial charge is 0.386 e. The Morgan fingerprint density at radius 1 is 1.47 bits per heavy atom. The summed E-state index contributed by atoms with van der Waals surface area (Å²) in [6.45, 7) is 4.63. The topological polar surface area (TPSA) is 38.0 Å². The van der Waals surface area contributed by atoms with Crippen LogP contribution < -0.4 is 0 Å². The third kappa shape index (κ3) is 2.74. The van der Waals surface area contributed by atoms with Crippen LogP contribution in [-0.4, -0.2) is 14.9 Å². The number of rotatable bonds is 2. The zero-order valence-electron chi connectivity index (χ0n) is 10.8. The Balaban J connectivity index is 2.09. The van der Waals surface area contributed by atoms with Crippen LogP contribution in [0.1, 0.15) is 51.3 Å². The molecule has 3 nitrogen and oxygen atoms in total. The van der Waals surface area contributed by atoms with Crippen molar-refractivity contribution in [3.8, 4) is 0 Å². The lowest BCUT2D eigenvalue weighted by molar-refractivity contribution is 0.0508. The maximum Gasteiger partial charge on any atom is 0.0996 e. The molecule has 1 N–H and O–H groups in total.